The third-order valence-electron chi connectivity index (χ3n) is 5.45. The largest absolute Gasteiger partial charge is 0.356 e. The number of hydrogen-bond donors (Lipinski definition) is 2. The zero-order valence-corrected chi connectivity index (χ0v) is 17.7. The lowest BCUT2D eigenvalue weighted by Crippen LogP contribution is -2.52. The number of aryl methyl sites for hydroxylation is 1. The summed E-state index contributed by atoms with van der Waals surface area (Å²) in [5, 5.41) is 10.9. The molecule has 0 saturated heterocycles. The molecule has 3 aromatic rings. The summed E-state index contributed by atoms with van der Waals surface area (Å²) < 4.78 is 5.42. The van der Waals surface area contributed by atoms with E-state index in [2.05, 4.69) is 15.8 Å². The van der Waals surface area contributed by atoms with Gasteiger partial charge in [0.1, 0.15) is 11.7 Å². The Hall–Kier alpha value is -2.90. The van der Waals surface area contributed by atoms with Gasteiger partial charge in [0.25, 0.3) is 0 Å². The first-order valence-corrected chi connectivity index (χ1v) is 9.78. The highest BCUT2D eigenvalue weighted by molar-refractivity contribution is 6.01. The summed E-state index contributed by atoms with van der Waals surface area (Å²) in [5.74, 6) is -0.331. The highest BCUT2D eigenvalue weighted by Crippen LogP contribution is 2.30. The number of likely N-dealkylation sites (N-methyl/N-ethyl adjacent to an activating group) is 1. The van der Waals surface area contributed by atoms with Crippen LogP contribution >= 0.6 is 12.4 Å². The predicted molar refractivity (Wildman–Crippen MR) is 118 cm³/mol. The van der Waals surface area contributed by atoms with E-state index in [-0.39, 0.29) is 36.8 Å². The number of anilines is 1. The molecule has 2 N–H and O–H groups in total. The lowest BCUT2D eigenvalue weighted by molar-refractivity contribution is -0.128. The number of fused-ring (bicyclic) bond motifs is 2. The molecule has 0 radical (unpaired) electrons. The van der Waals surface area contributed by atoms with E-state index in [0.29, 0.717) is 24.1 Å². The molecule has 7 nitrogen and oxygen atoms in total. The molecule has 0 spiro atoms. The van der Waals surface area contributed by atoms with Gasteiger partial charge in [0.15, 0.2) is 5.58 Å². The van der Waals surface area contributed by atoms with Gasteiger partial charge in [0.05, 0.1) is 12.6 Å². The molecule has 0 aliphatic carbocycles. The number of nitrogens with zero attached hydrogens (tertiary/aromatic N) is 2. The molecule has 2 amide bonds. The standard InChI is InChI=1S/C22H24N4O3.ClH/c1-14(23-2)21(27)24-17-12-11-15-7-3-5-9-19(15)26(22(17)28)13-18-16-8-4-6-10-20(16)29-25-18;/h3-10,14,17,23H,11-13H2,1-2H3,(H,24,27);1H/t14-,17-;/m0./s1. The normalized spacial score (nSPS) is 17.1. The molecule has 1 aliphatic rings. The summed E-state index contributed by atoms with van der Waals surface area (Å²) in [6.07, 6.45) is 1.25. The molecule has 2 atom stereocenters. The number of benzene rings is 2. The third-order valence-corrected chi connectivity index (χ3v) is 5.45. The maximum absolute atomic E-state index is 13.4. The Labute approximate surface area is 181 Å². The number of aromatic nitrogens is 1. The van der Waals surface area contributed by atoms with Crippen LogP contribution < -0.4 is 15.5 Å². The van der Waals surface area contributed by atoms with Gasteiger partial charge < -0.3 is 20.1 Å². The van der Waals surface area contributed by atoms with Crippen LogP contribution in [0.1, 0.15) is 24.6 Å². The fraction of sp³-hybridized carbons (Fsp3) is 0.318. The number of nitrogens with one attached hydrogen (secondary N) is 2. The zero-order valence-electron chi connectivity index (χ0n) is 16.9. The Morgan fingerprint density at radius 3 is 2.77 bits per heavy atom. The third kappa shape index (κ3) is 4.17. The molecule has 0 fully saturated rings. The van der Waals surface area contributed by atoms with Crippen LogP contribution in [-0.2, 0) is 22.6 Å². The van der Waals surface area contributed by atoms with Gasteiger partial charge in [-0.3, -0.25) is 9.59 Å². The molecule has 4 rings (SSSR count). The molecule has 0 unspecified atom stereocenters. The van der Waals surface area contributed by atoms with Gasteiger partial charge in [-0.1, -0.05) is 35.5 Å². The minimum Gasteiger partial charge on any atom is -0.356 e. The van der Waals surface area contributed by atoms with Crippen molar-refractivity contribution in [2.24, 2.45) is 0 Å². The van der Waals surface area contributed by atoms with E-state index >= 15 is 0 Å². The number of carbonyl (C=O) groups excluding carboxylic acids is 2. The van der Waals surface area contributed by atoms with E-state index in [1.165, 1.54) is 0 Å². The minimum absolute atomic E-state index is 0. The van der Waals surface area contributed by atoms with Crippen molar-refractivity contribution in [1.29, 1.82) is 0 Å². The maximum Gasteiger partial charge on any atom is 0.249 e. The summed E-state index contributed by atoms with van der Waals surface area (Å²) in [7, 11) is 1.72. The number of halogens is 1. The summed E-state index contributed by atoms with van der Waals surface area (Å²) in [6.45, 7) is 2.05. The van der Waals surface area contributed by atoms with Gasteiger partial charge in [-0.15, -0.1) is 12.4 Å². The average Bonchev–Trinajstić information content (AvgIpc) is 3.11. The lowest BCUT2D eigenvalue weighted by Gasteiger charge is -2.26. The van der Waals surface area contributed by atoms with Crippen LogP contribution in [0.15, 0.2) is 53.1 Å². The second-order valence-electron chi connectivity index (χ2n) is 7.29. The van der Waals surface area contributed by atoms with Crippen molar-refractivity contribution in [2.45, 2.75) is 38.4 Å². The fourth-order valence-electron chi connectivity index (χ4n) is 3.64. The first-order chi connectivity index (χ1) is 14.1. The Morgan fingerprint density at radius 2 is 1.97 bits per heavy atom. The fourth-order valence-corrected chi connectivity index (χ4v) is 3.64. The summed E-state index contributed by atoms with van der Waals surface area (Å²) in [6, 6.07) is 14.5. The van der Waals surface area contributed by atoms with Crippen molar-refractivity contribution in [2.75, 3.05) is 11.9 Å². The van der Waals surface area contributed by atoms with Gasteiger partial charge in [-0.2, -0.15) is 0 Å². The average molecular weight is 429 g/mol. The van der Waals surface area contributed by atoms with Crippen LogP contribution in [0, 0.1) is 0 Å². The first kappa shape index (κ1) is 21.8. The summed E-state index contributed by atoms with van der Waals surface area (Å²) >= 11 is 0. The van der Waals surface area contributed by atoms with Crippen molar-refractivity contribution >= 4 is 40.9 Å². The Bertz CT molecular complexity index is 1050. The highest BCUT2D eigenvalue weighted by atomic mass is 35.5. The topological polar surface area (TPSA) is 87.5 Å². The molecular weight excluding hydrogens is 404 g/mol. The minimum atomic E-state index is -0.594. The van der Waals surface area contributed by atoms with Crippen LogP contribution in [0.25, 0.3) is 11.0 Å². The molecule has 30 heavy (non-hydrogen) atoms. The van der Waals surface area contributed by atoms with Crippen molar-refractivity contribution in [1.82, 2.24) is 15.8 Å². The van der Waals surface area contributed by atoms with Crippen LogP contribution in [-0.4, -0.2) is 36.1 Å². The van der Waals surface area contributed by atoms with Crippen LogP contribution in [0.4, 0.5) is 5.69 Å². The van der Waals surface area contributed by atoms with Gasteiger partial charge in [-0.25, -0.2) is 0 Å². The quantitative estimate of drug-likeness (QED) is 0.652. The van der Waals surface area contributed by atoms with E-state index in [4.69, 9.17) is 4.52 Å². The number of carbonyl (C=O) groups is 2. The van der Waals surface area contributed by atoms with Crippen molar-refractivity contribution in [3.63, 3.8) is 0 Å². The Kier molecular flexibility index (Phi) is 6.74. The van der Waals surface area contributed by atoms with E-state index < -0.39 is 6.04 Å². The molecule has 158 valence electrons. The number of hydrogen-bond acceptors (Lipinski definition) is 5. The Morgan fingerprint density at radius 1 is 1.23 bits per heavy atom. The molecular formula is C22H25ClN4O3. The zero-order chi connectivity index (χ0) is 20.4. The second kappa shape index (κ2) is 9.28. The highest BCUT2D eigenvalue weighted by Gasteiger charge is 2.32. The molecule has 2 heterocycles. The molecule has 0 bridgehead atoms. The van der Waals surface area contributed by atoms with Crippen LogP contribution in [0.3, 0.4) is 0 Å². The predicted octanol–water partition coefficient (Wildman–Crippen LogP) is 2.82. The van der Waals surface area contributed by atoms with Gasteiger partial charge >= 0.3 is 0 Å². The summed E-state index contributed by atoms with van der Waals surface area (Å²) in [5.41, 5.74) is 3.31. The monoisotopic (exact) mass is 428 g/mol. The van der Waals surface area contributed by atoms with Crippen LogP contribution in [0.5, 0.6) is 0 Å². The van der Waals surface area contributed by atoms with E-state index in [0.717, 1.165) is 16.6 Å². The lowest BCUT2D eigenvalue weighted by atomic mass is 10.1. The van der Waals surface area contributed by atoms with Crippen molar-refractivity contribution < 1.29 is 14.1 Å². The smallest absolute Gasteiger partial charge is 0.249 e. The van der Waals surface area contributed by atoms with Gasteiger partial charge in [-0.05, 0) is 50.6 Å². The van der Waals surface area contributed by atoms with Crippen molar-refractivity contribution in [3.05, 3.63) is 59.8 Å². The SMILES string of the molecule is CN[C@@H](C)C(=O)N[C@H]1CCc2ccccc2N(Cc2noc3ccccc23)C1=O.Cl. The number of rotatable bonds is 5. The van der Waals surface area contributed by atoms with Crippen LogP contribution in [0.2, 0.25) is 0 Å². The molecule has 8 heteroatoms. The van der Waals surface area contributed by atoms with Gasteiger partial charge in [0, 0.05) is 11.1 Å². The molecule has 1 aromatic heterocycles. The Balaban J connectivity index is 0.00000256. The van der Waals surface area contributed by atoms with E-state index in [9.17, 15) is 9.59 Å². The molecule has 2 aromatic carbocycles. The molecule has 1 aliphatic heterocycles. The number of amides is 2. The van der Waals surface area contributed by atoms with E-state index in [1.807, 2.05) is 48.5 Å². The van der Waals surface area contributed by atoms with Crippen molar-refractivity contribution in [3.8, 4) is 0 Å². The maximum atomic E-state index is 13.4. The first-order valence-electron chi connectivity index (χ1n) is 9.78. The molecule has 0 saturated carbocycles. The summed E-state index contributed by atoms with van der Waals surface area (Å²) in [4.78, 5) is 27.6. The second-order valence-corrected chi connectivity index (χ2v) is 7.29. The van der Waals surface area contributed by atoms with E-state index in [1.54, 1.807) is 18.9 Å². The van der Waals surface area contributed by atoms with Gasteiger partial charge in [0.2, 0.25) is 11.8 Å². The number of para-hydroxylation sites is 2.